The van der Waals surface area contributed by atoms with E-state index in [0.29, 0.717) is 11.4 Å². The van der Waals surface area contributed by atoms with E-state index in [4.69, 9.17) is 14.4 Å². The van der Waals surface area contributed by atoms with Crippen molar-refractivity contribution >= 4 is 43.7 Å². The van der Waals surface area contributed by atoms with Crippen LogP contribution in [0.3, 0.4) is 0 Å². The van der Waals surface area contributed by atoms with Crippen molar-refractivity contribution in [1.82, 2.24) is 14.5 Å². The van der Waals surface area contributed by atoms with Crippen molar-refractivity contribution in [3.63, 3.8) is 0 Å². The van der Waals surface area contributed by atoms with E-state index in [2.05, 4.69) is 128 Å². The van der Waals surface area contributed by atoms with E-state index in [0.717, 1.165) is 77.4 Å². The van der Waals surface area contributed by atoms with Gasteiger partial charge in [0, 0.05) is 54.0 Å². The maximum atomic E-state index is 11.0. The van der Waals surface area contributed by atoms with E-state index < -0.39 is 0 Å². The first-order valence-electron chi connectivity index (χ1n) is 18.1. The summed E-state index contributed by atoms with van der Waals surface area (Å²) in [5.41, 5.74) is 10.5. The van der Waals surface area contributed by atoms with Gasteiger partial charge in [-0.3, -0.25) is 9.55 Å². The third-order valence-electron chi connectivity index (χ3n) is 10.7. The molecule has 10 rings (SSSR count). The van der Waals surface area contributed by atoms with Gasteiger partial charge in [0.25, 0.3) is 0 Å². The molecule has 0 radical (unpaired) electrons. The van der Waals surface area contributed by atoms with Gasteiger partial charge in [-0.1, -0.05) is 134 Å². The minimum Gasteiger partial charge on any atom is -0.507 e. The zero-order valence-corrected chi connectivity index (χ0v) is 32.4. The van der Waals surface area contributed by atoms with Crippen molar-refractivity contribution in [2.45, 2.75) is 19.3 Å². The average molecular weight is 892 g/mol. The number of rotatable bonds is 6. The zero-order chi connectivity index (χ0) is 36.4. The number of hydrogen-bond donors (Lipinski definition) is 1. The fourth-order valence-electron chi connectivity index (χ4n) is 7.79. The zero-order valence-electron chi connectivity index (χ0n) is 30.1. The van der Waals surface area contributed by atoms with E-state index in [1.807, 2.05) is 54.7 Å². The van der Waals surface area contributed by atoms with Gasteiger partial charge < -0.3 is 9.52 Å². The van der Waals surface area contributed by atoms with E-state index in [9.17, 15) is 5.11 Å². The van der Waals surface area contributed by atoms with Crippen LogP contribution in [0.2, 0.25) is 0 Å². The number of hydrogen-bond acceptors (Lipinski definition) is 4. The van der Waals surface area contributed by atoms with Crippen LogP contribution in [0.4, 0.5) is 0 Å². The predicted octanol–water partition coefficient (Wildman–Crippen LogP) is 12.3. The van der Waals surface area contributed by atoms with Crippen LogP contribution in [0, 0.1) is 6.07 Å². The van der Waals surface area contributed by atoms with Crippen LogP contribution >= 0.6 is 0 Å². The number of nitrogens with zero attached hydrogens (tertiary/aromatic N) is 3. The first kappa shape index (κ1) is 34.5. The van der Waals surface area contributed by atoms with Gasteiger partial charge >= 0.3 is 0 Å². The quantitative estimate of drug-likeness (QED) is 0.169. The van der Waals surface area contributed by atoms with Crippen molar-refractivity contribution in [3.05, 3.63) is 181 Å². The topological polar surface area (TPSA) is 64.1 Å². The fraction of sp³-hybridized carbons (Fsp3) is 0.0612. The number of furan rings is 1. The molecule has 0 bridgehead atoms. The first-order valence-corrected chi connectivity index (χ1v) is 18.1. The van der Waals surface area contributed by atoms with Crippen molar-refractivity contribution in [2.24, 2.45) is 0 Å². The molecule has 0 aliphatic heterocycles. The molecule has 0 amide bonds. The van der Waals surface area contributed by atoms with Crippen LogP contribution in [0.25, 0.3) is 83.2 Å². The van der Waals surface area contributed by atoms with Crippen LogP contribution in [0.5, 0.6) is 5.75 Å². The Labute approximate surface area is 332 Å². The summed E-state index contributed by atoms with van der Waals surface area (Å²) in [6, 6.07) is 57.4. The Morgan fingerprint density at radius 3 is 2.16 bits per heavy atom. The Morgan fingerprint density at radius 2 is 1.35 bits per heavy atom. The molecule has 268 valence electrons. The number of para-hydroxylation sites is 3. The van der Waals surface area contributed by atoms with E-state index in [-0.39, 0.29) is 32.2 Å². The Balaban J connectivity index is 0.00000397. The minimum absolute atomic E-state index is 0. The standard InChI is InChI=1S/C49H34N3O2.Pt/c1-49(2,34-15-5-3-6-16-34)35-27-32(26-33(28-35)42-29-41-39-25-24-31-14-9-10-19-38(31)47(39)54-45(41)30-50-42)37-21-13-22-43-46(37)51-48(40-20-11-12-23-44(40)53)52(43)36-17-7-4-8-18-36;/h3-25,27-30,53H,1-2H3;/q-1;. The van der Waals surface area contributed by atoms with Gasteiger partial charge in [0.15, 0.2) is 5.58 Å². The molecule has 7 aromatic carbocycles. The number of fused-ring (bicyclic) bond motifs is 6. The summed E-state index contributed by atoms with van der Waals surface area (Å²) in [4.78, 5) is 10.3. The number of aromatic hydroxyl groups is 1. The summed E-state index contributed by atoms with van der Waals surface area (Å²) in [7, 11) is 0. The van der Waals surface area contributed by atoms with Crippen LogP contribution in [0.1, 0.15) is 25.0 Å². The molecule has 0 saturated heterocycles. The van der Waals surface area contributed by atoms with Gasteiger partial charge in [-0.2, -0.15) is 0 Å². The van der Waals surface area contributed by atoms with Gasteiger partial charge in [-0.25, -0.2) is 4.98 Å². The van der Waals surface area contributed by atoms with E-state index in [1.54, 1.807) is 6.07 Å². The number of imidazole rings is 1. The van der Waals surface area contributed by atoms with Crippen LogP contribution in [0.15, 0.2) is 168 Å². The van der Waals surface area contributed by atoms with Gasteiger partial charge in [0.1, 0.15) is 17.2 Å². The van der Waals surface area contributed by atoms with Crippen LogP contribution in [-0.4, -0.2) is 19.6 Å². The first-order chi connectivity index (χ1) is 26.4. The number of benzene rings is 7. The maximum absolute atomic E-state index is 11.0. The van der Waals surface area contributed by atoms with Gasteiger partial charge in [0.05, 0.1) is 22.8 Å². The number of pyridine rings is 1. The summed E-state index contributed by atoms with van der Waals surface area (Å²) in [5.74, 6) is 0.836. The third kappa shape index (κ3) is 5.75. The molecule has 0 saturated carbocycles. The second-order valence-corrected chi connectivity index (χ2v) is 14.3. The molecular formula is C49H34N3O2Pt-. The molecule has 55 heavy (non-hydrogen) atoms. The molecule has 3 heterocycles. The molecule has 6 heteroatoms. The predicted molar refractivity (Wildman–Crippen MR) is 219 cm³/mol. The Hall–Kier alpha value is -6.29. The number of phenolic OH excluding ortho intramolecular Hbond substituents is 1. The van der Waals surface area contributed by atoms with Crippen molar-refractivity contribution in [3.8, 4) is 45.2 Å². The average Bonchev–Trinajstić information content (AvgIpc) is 3.80. The van der Waals surface area contributed by atoms with E-state index >= 15 is 0 Å². The summed E-state index contributed by atoms with van der Waals surface area (Å²) in [5, 5.41) is 15.3. The van der Waals surface area contributed by atoms with Gasteiger partial charge in [-0.15, -0.1) is 29.3 Å². The molecule has 0 aliphatic carbocycles. The molecule has 0 fully saturated rings. The second kappa shape index (κ2) is 13.5. The summed E-state index contributed by atoms with van der Waals surface area (Å²) in [6.45, 7) is 4.52. The molecule has 10 aromatic rings. The number of phenols is 1. The van der Waals surface area contributed by atoms with Crippen molar-refractivity contribution in [2.75, 3.05) is 0 Å². The third-order valence-corrected chi connectivity index (χ3v) is 10.7. The van der Waals surface area contributed by atoms with Crippen molar-refractivity contribution in [1.29, 1.82) is 0 Å². The molecule has 0 aliphatic rings. The summed E-state index contributed by atoms with van der Waals surface area (Å²) >= 11 is 0. The molecule has 5 nitrogen and oxygen atoms in total. The Bertz CT molecular complexity index is 3040. The number of aromatic nitrogens is 3. The van der Waals surface area contributed by atoms with Gasteiger partial charge in [-0.05, 0) is 47.3 Å². The molecule has 0 unspecified atom stereocenters. The Kier molecular flexibility index (Phi) is 8.48. The normalized spacial score (nSPS) is 11.7. The minimum atomic E-state index is -0.344. The smallest absolute Gasteiger partial charge is 0.152 e. The summed E-state index contributed by atoms with van der Waals surface area (Å²) in [6.07, 6.45) is 1.84. The largest absolute Gasteiger partial charge is 0.507 e. The molecule has 0 spiro atoms. The molecular weight excluding hydrogens is 858 g/mol. The Morgan fingerprint density at radius 1 is 0.636 bits per heavy atom. The molecule has 0 atom stereocenters. The van der Waals surface area contributed by atoms with Crippen LogP contribution in [-0.2, 0) is 26.5 Å². The maximum Gasteiger partial charge on any atom is 0.152 e. The van der Waals surface area contributed by atoms with Crippen LogP contribution < -0.4 is 0 Å². The monoisotopic (exact) mass is 891 g/mol. The van der Waals surface area contributed by atoms with Gasteiger partial charge in [0.2, 0.25) is 0 Å². The molecule has 3 aromatic heterocycles. The molecule has 1 N–H and O–H groups in total. The van der Waals surface area contributed by atoms with E-state index in [1.165, 1.54) is 5.56 Å². The summed E-state index contributed by atoms with van der Waals surface area (Å²) < 4.78 is 8.55. The SMILES string of the molecule is CC(C)(c1ccccc1)c1cc(-c2cc3c(cn2)oc2c4ccccc4ccc32)[c-]c(-c2cccc3c2nc(-c2ccccc2O)n3-c2ccccc2)c1.[Pt]. The fourth-order valence-corrected chi connectivity index (χ4v) is 7.79. The van der Waals surface area contributed by atoms with Crippen molar-refractivity contribution < 1.29 is 30.6 Å². The second-order valence-electron chi connectivity index (χ2n) is 14.3.